The van der Waals surface area contributed by atoms with Gasteiger partial charge in [0, 0.05) is 6.07 Å². The lowest BCUT2D eigenvalue weighted by Crippen LogP contribution is -2.03. The monoisotopic (exact) mass is 374 g/mol. The van der Waals surface area contributed by atoms with Gasteiger partial charge >= 0.3 is 0 Å². The van der Waals surface area contributed by atoms with Crippen molar-refractivity contribution in [1.82, 2.24) is 9.55 Å². The molecule has 0 radical (unpaired) electrons. The minimum Gasteiger partial charge on any atom is -0.292 e. The van der Waals surface area contributed by atoms with Crippen LogP contribution in [0.4, 0.5) is 13.2 Å². The Morgan fingerprint density at radius 1 is 1.14 bits per heavy atom. The Bertz CT molecular complexity index is 848. The van der Waals surface area contributed by atoms with Crippen molar-refractivity contribution in [1.29, 1.82) is 0 Å². The van der Waals surface area contributed by atoms with Crippen molar-refractivity contribution in [3.05, 3.63) is 58.1 Å². The van der Waals surface area contributed by atoms with Crippen molar-refractivity contribution in [2.45, 2.75) is 5.88 Å². The van der Waals surface area contributed by atoms with Crippen LogP contribution in [0.5, 0.6) is 0 Å². The molecule has 7 heteroatoms. The Morgan fingerprint density at radius 2 is 1.90 bits per heavy atom. The fraction of sp³-hybridized carbons (Fsp3) is 0.0714. The number of hydrogen-bond donors (Lipinski definition) is 0. The van der Waals surface area contributed by atoms with E-state index in [0.29, 0.717) is 16.9 Å². The molecular formula is C14H7BrClF3N2. The van der Waals surface area contributed by atoms with Crippen molar-refractivity contribution in [2.24, 2.45) is 0 Å². The van der Waals surface area contributed by atoms with Gasteiger partial charge in [-0.1, -0.05) is 6.07 Å². The number of halogens is 5. The number of hydrogen-bond acceptors (Lipinski definition) is 1. The summed E-state index contributed by atoms with van der Waals surface area (Å²) in [7, 11) is 0. The number of fused-ring (bicyclic) bond motifs is 1. The van der Waals surface area contributed by atoms with Crippen LogP contribution in [-0.2, 0) is 5.88 Å². The fourth-order valence-corrected chi connectivity index (χ4v) is 2.66. The Balaban J connectivity index is 2.40. The van der Waals surface area contributed by atoms with Gasteiger partial charge in [0.05, 0.1) is 27.1 Å². The molecule has 0 N–H and O–H groups in total. The average molecular weight is 376 g/mol. The van der Waals surface area contributed by atoms with Gasteiger partial charge in [-0.2, -0.15) is 0 Å². The fourth-order valence-electron chi connectivity index (χ4n) is 2.15. The molecule has 0 aliphatic heterocycles. The van der Waals surface area contributed by atoms with E-state index in [4.69, 9.17) is 11.6 Å². The van der Waals surface area contributed by atoms with Crippen molar-refractivity contribution >= 4 is 38.6 Å². The molecule has 0 saturated carbocycles. The third-order valence-corrected chi connectivity index (χ3v) is 3.90. The van der Waals surface area contributed by atoms with E-state index in [0.717, 1.165) is 6.07 Å². The van der Waals surface area contributed by atoms with Gasteiger partial charge in [0.2, 0.25) is 0 Å². The smallest absolute Gasteiger partial charge is 0.182 e. The third-order valence-electron chi connectivity index (χ3n) is 3.06. The molecule has 2 nitrogen and oxygen atoms in total. The first-order valence-corrected chi connectivity index (χ1v) is 7.22. The van der Waals surface area contributed by atoms with Gasteiger partial charge in [-0.05, 0) is 34.1 Å². The Labute approximate surface area is 131 Å². The molecule has 1 heterocycles. The lowest BCUT2D eigenvalue weighted by molar-refractivity contribution is 0.504. The average Bonchev–Trinajstić information content (AvgIpc) is 2.80. The second-order valence-corrected chi connectivity index (χ2v) is 5.45. The van der Waals surface area contributed by atoms with Gasteiger partial charge in [-0.15, -0.1) is 11.6 Å². The summed E-state index contributed by atoms with van der Waals surface area (Å²) in [5.74, 6) is -2.20. The summed E-state index contributed by atoms with van der Waals surface area (Å²) in [5.41, 5.74) is 0.727. The SMILES string of the molecule is Fc1cc2nc(CCl)n(-c3cccc(F)c3F)c2cc1Br. The van der Waals surface area contributed by atoms with Gasteiger partial charge in [0.25, 0.3) is 0 Å². The lowest BCUT2D eigenvalue weighted by Gasteiger charge is -2.09. The molecule has 108 valence electrons. The van der Waals surface area contributed by atoms with E-state index < -0.39 is 17.5 Å². The largest absolute Gasteiger partial charge is 0.292 e. The number of benzene rings is 2. The second kappa shape index (κ2) is 5.35. The third kappa shape index (κ3) is 2.32. The zero-order valence-electron chi connectivity index (χ0n) is 10.4. The molecule has 0 unspecified atom stereocenters. The maximum Gasteiger partial charge on any atom is 0.182 e. The molecule has 3 rings (SSSR count). The molecule has 0 fully saturated rings. The molecule has 0 bridgehead atoms. The molecule has 3 aromatic rings. The summed E-state index contributed by atoms with van der Waals surface area (Å²) in [6, 6.07) is 6.48. The highest BCUT2D eigenvalue weighted by molar-refractivity contribution is 9.10. The standard InChI is InChI=1S/C14H7BrClF3N2/c15-7-4-12-10(5-9(7)18)20-13(6-16)21(12)11-3-1-2-8(17)14(11)19/h1-5H,6H2. The highest BCUT2D eigenvalue weighted by atomic mass is 79.9. The van der Waals surface area contributed by atoms with Crippen molar-refractivity contribution in [2.75, 3.05) is 0 Å². The number of nitrogens with zero attached hydrogens (tertiary/aromatic N) is 2. The molecule has 1 aromatic heterocycles. The molecule has 0 spiro atoms. The normalized spacial score (nSPS) is 11.3. The second-order valence-electron chi connectivity index (χ2n) is 4.33. The van der Waals surface area contributed by atoms with Crippen LogP contribution in [0.1, 0.15) is 5.82 Å². The molecule has 0 saturated heterocycles. The van der Waals surface area contributed by atoms with Gasteiger partial charge in [0.15, 0.2) is 11.6 Å². The predicted octanol–water partition coefficient (Wildman–Crippen LogP) is 4.94. The van der Waals surface area contributed by atoms with E-state index in [2.05, 4.69) is 20.9 Å². The maximum atomic E-state index is 14.0. The van der Waals surface area contributed by atoms with Crippen LogP contribution in [-0.4, -0.2) is 9.55 Å². The molecule has 2 aromatic carbocycles. The summed E-state index contributed by atoms with van der Waals surface area (Å²) >= 11 is 8.89. The topological polar surface area (TPSA) is 17.8 Å². The van der Waals surface area contributed by atoms with Gasteiger partial charge in [-0.25, -0.2) is 18.2 Å². The van der Waals surface area contributed by atoms with Crippen molar-refractivity contribution in [3.63, 3.8) is 0 Å². The molecule has 0 amide bonds. The molecule has 0 aliphatic carbocycles. The predicted molar refractivity (Wildman–Crippen MR) is 78.2 cm³/mol. The van der Waals surface area contributed by atoms with Crippen LogP contribution in [0.2, 0.25) is 0 Å². The number of aromatic nitrogens is 2. The van der Waals surface area contributed by atoms with Crippen molar-refractivity contribution in [3.8, 4) is 5.69 Å². The number of rotatable bonds is 2. The minimum atomic E-state index is -1.01. The van der Waals surface area contributed by atoms with E-state index in [1.54, 1.807) is 0 Å². The number of imidazole rings is 1. The quantitative estimate of drug-likeness (QED) is 0.580. The molecular weight excluding hydrogens is 369 g/mol. The number of alkyl halides is 1. The van der Waals surface area contributed by atoms with E-state index in [1.165, 1.54) is 28.8 Å². The highest BCUT2D eigenvalue weighted by Crippen LogP contribution is 2.29. The van der Waals surface area contributed by atoms with Crippen LogP contribution >= 0.6 is 27.5 Å². The first-order chi connectivity index (χ1) is 10.0. The Morgan fingerprint density at radius 3 is 2.62 bits per heavy atom. The first-order valence-electron chi connectivity index (χ1n) is 5.89. The molecule has 21 heavy (non-hydrogen) atoms. The Hall–Kier alpha value is -1.53. The summed E-state index contributed by atoms with van der Waals surface area (Å²) < 4.78 is 42.6. The van der Waals surface area contributed by atoms with Gasteiger partial charge in [-0.3, -0.25) is 4.57 Å². The van der Waals surface area contributed by atoms with E-state index in [1.807, 2.05) is 0 Å². The summed E-state index contributed by atoms with van der Waals surface area (Å²) in [4.78, 5) is 4.16. The lowest BCUT2D eigenvalue weighted by atomic mass is 10.2. The summed E-state index contributed by atoms with van der Waals surface area (Å²) in [5, 5.41) is 0. The summed E-state index contributed by atoms with van der Waals surface area (Å²) in [6.07, 6.45) is 0. The van der Waals surface area contributed by atoms with E-state index in [-0.39, 0.29) is 16.0 Å². The zero-order valence-corrected chi connectivity index (χ0v) is 12.7. The van der Waals surface area contributed by atoms with Gasteiger partial charge < -0.3 is 0 Å². The molecule has 0 aliphatic rings. The van der Waals surface area contributed by atoms with Crippen LogP contribution in [0.25, 0.3) is 16.7 Å². The summed E-state index contributed by atoms with van der Waals surface area (Å²) in [6.45, 7) is 0. The van der Waals surface area contributed by atoms with E-state index in [9.17, 15) is 13.2 Å². The van der Waals surface area contributed by atoms with Crippen LogP contribution in [0.3, 0.4) is 0 Å². The van der Waals surface area contributed by atoms with Crippen LogP contribution in [0.15, 0.2) is 34.8 Å². The zero-order chi connectivity index (χ0) is 15.1. The minimum absolute atomic E-state index is 0.0216. The highest BCUT2D eigenvalue weighted by Gasteiger charge is 2.18. The maximum absolute atomic E-state index is 14.0. The van der Waals surface area contributed by atoms with Crippen molar-refractivity contribution < 1.29 is 13.2 Å². The first kappa shape index (κ1) is 14.4. The van der Waals surface area contributed by atoms with E-state index >= 15 is 0 Å². The van der Waals surface area contributed by atoms with Gasteiger partial charge in [0.1, 0.15) is 11.6 Å². The van der Waals surface area contributed by atoms with Crippen LogP contribution < -0.4 is 0 Å². The molecule has 0 atom stereocenters. The Kier molecular flexibility index (Phi) is 3.67. The van der Waals surface area contributed by atoms with Crippen LogP contribution in [0, 0.1) is 17.5 Å².